The molecule has 25 heavy (non-hydrogen) atoms. The highest BCUT2D eigenvalue weighted by Gasteiger charge is 2.30. The topological polar surface area (TPSA) is 32.6 Å². The van der Waals surface area contributed by atoms with E-state index in [9.17, 15) is 5.11 Å². The number of hydrogen-bond acceptors (Lipinski definition) is 2. The maximum Gasteiger partial charge on any atom is 0.0827 e. The van der Waals surface area contributed by atoms with Gasteiger partial charge in [0, 0.05) is 24.1 Å². The molecule has 0 saturated carbocycles. The Balaban J connectivity index is 1.71. The summed E-state index contributed by atoms with van der Waals surface area (Å²) >= 11 is 0. The molecule has 0 amide bonds. The predicted octanol–water partition coefficient (Wildman–Crippen LogP) is 6.12. The summed E-state index contributed by atoms with van der Waals surface area (Å²) in [4.78, 5) is 4.98. The number of fused-ring (bicyclic) bond motifs is 2. The number of nitrogens with zero attached hydrogens (tertiary/aromatic N) is 1. The predicted molar refractivity (Wildman–Crippen MR) is 105 cm³/mol. The molecule has 0 spiro atoms. The van der Waals surface area contributed by atoms with Gasteiger partial charge < -0.3 is 5.11 Å². The van der Waals surface area contributed by atoms with E-state index in [0.717, 1.165) is 42.3 Å². The zero-order valence-corrected chi connectivity index (χ0v) is 14.8. The molecule has 0 fully saturated rings. The minimum Gasteiger partial charge on any atom is -0.515 e. The van der Waals surface area contributed by atoms with Gasteiger partial charge in [0.15, 0.2) is 0 Å². The molecule has 0 aliphatic heterocycles. The Morgan fingerprint density at radius 1 is 1.08 bits per heavy atom. The number of para-hydroxylation sites is 1. The van der Waals surface area contributed by atoms with Crippen LogP contribution in [0.4, 0.5) is 5.69 Å². The van der Waals surface area contributed by atoms with Crippen molar-refractivity contribution in [2.45, 2.75) is 33.1 Å². The highest BCUT2D eigenvalue weighted by molar-refractivity contribution is 6.04. The first-order valence-corrected chi connectivity index (χ1v) is 8.94. The summed E-state index contributed by atoms with van der Waals surface area (Å²) in [7, 11) is 0. The Morgan fingerprint density at radius 3 is 2.68 bits per heavy atom. The van der Waals surface area contributed by atoms with E-state index in [-0.39, 0.29) is 0 Å². The van der Waals surface area contributed by atoms with Crippen molar-refractivity contribution in [3.63, 3.8) is 0 Å². The van der Waals surface area contributed by atoms with E-state index in [4.69, 9.17) is 4.99 Å². The number of allylic oxidation sites excluding steroid dienone is 3. The van der Waals surface area contributed by atoms with Crippen molar-refractivity contribution in [1.82, 2.24) is 0 Å². The standard InChI is InChI=1S/C23H23NO/c1-15-11-17-7-3-4-9-20(17)22-13-18(12-21(15)22)24-23-10-6-5-8-19(23)16(2)14-25/h3-10,14-15,25H,11-13H2,1-2H3. The number of aliphatic hydroxyl groups is 1. The highest BCUT2D eigenvalue weighted by atomic mass is 16.2. The number of benzene rings is 2. The van der Waals surface area contributed by atoms with Crippen LogP contribution in [0.1, 0.15) is 43.4 Å². The molecular formula is C23H23NO. The van der Waals surface area contributed by atoms with Crippen LogP contribution >= 0.6 is 0 Å². The van der Waals surface area contributed by atoms with Gasteiger partial charge in [-0.1, -0.05) is 55.0 Å². The smallest absolute Gasteiger partial charge is 0.0827 e. The summed E-state index contributed by atoms with van der Waals surface area (Å²) in [6.45, 7) is 4.25. The minimum atomic E-state index is 0.590. The van der Waals surface area contributed by atoms with Crippen LogP contribution < -0.4 is 0 Å². The molecule has 0 heterocycles. The first-order valence-electron chi connectivity index (χ1n) is 8.94. The summed E-state index contributed by atoms with van der Waals surface area (Å²) in [6, 6.07) is 16.8. The molecule has 0 radical (unpaired) electrons. The van der Waals surface area contributed by atoms with Gasteiger partial charge in [-0.05, 0) is 47.6 Å². The maximum absolute atomic E-state index is 9.37. The van der Waals surface area contributed by atoms with Crippen LogP contribution in [0.15, 0.2) is 65.4 Å². The molecule has 2 aliphatic rings. The van der Waals surface area contributed by atoms with Crippen LogP contribution in [0.3, 0.4) is 0 Å². The molecule has 4 rings (SSSR count). The third-order valence-electron chi connectivity index (χ3n) is 5.43. The molecule has 2 heteroatoms. The fourth-order valence-corrected chi connectivity index (χ4v) is 4.12. The first kappa shape index (κ1) is 15.9. The monoisotopic (exact) mass is 329 g/mol. The van der Waals surface area contributed by atoms with Crippen molar-refractivity contribution >= 4 is 22.5 Å². The van der Waals surface area contributed by atoms with Gasteiger partial charge in [-0.15, -0.1) is 0 Å². The number of aliphatic imine (C=N–C) groups is 1. The van der Waals surface area contributed by atoms with Gasteiger partial charge in [0.05, 0.1) is 11.9 Å². The van der Waals surface area contributed by atoms with Gasteiger partial charge in [0.2, 0.25) is 0 Å². The Labute approximate surface area is 149 Å². The normalized spacial score (nSPS) is 21.4. The summed E-state index contributed by atoms with van der Waals surface area (Å²) in [5.41, 5.74) is 9.94. The SMILES string of the molecule is CC(=CO)c1ccccc1N=C1CC2=C(C1)C(C)Cc1ccccc12. The molecule has 0 aromatic heterocycles. The Hall–Kier alpha value is -2.61. The highest BCUT2D eigenvalue weighted by Crippen LogP contribution is 2.43. The molecule has 2 aromatic rings. The van der Waals surface area contributed by atoms with E-state index in [1.807, 2.05) is 31.2 Å². The Kier molecular flexibility index (Phi) is 4.04. The van der Waals surface area contributed by atoms with Crippen LogP contribution in [-0.4, -0.2) is 10.8 Å². The van der Waals surface area contributed by atoms with Crippen molar-refractivity contribution in [3.8, 4) is 0 Å². The van der Waals surface area contributed by atoms with E-state index in [2.05, 4.69) is 31.2 Å². The molecule has 1 N–H and O–H groups in total. The summed E-state index contributed by atoms with van der Waals surface area (Å²) in [5, 5.41) is 9.37. The van der Waals surface area contributed by atoms with E-state index >= 15 is 0 Å². The van der Waals surface area contributed by atoms with Gasteiger partial charge in [-0.2, -0.15) is 0 Å². The molecule has 126 valence electrons. The Bertz CT molecular complexity index is 917. The average molecular weight is 329 g/mol. The Morgan fingerprint density at radius 2 is 1.84 bits per heavy atom. The molecule has 1 unspecified atom stereocenters. The average Bonchev–Trinajstić information content (AvgIpc) is 3.06. The second-order valence-corrected chi connectivity index (χ2v) is 7.13. The van der Waals surface area contributed by atoms with Gasteiger partial charge in [-0.25, -0.2) is 0 Å². The van der Waals surface area contributed by atoms with Crippen LogP contribution in [0, 0.1) is 5.92 Å². The molecular weight excluding hydrogens is 306 g/mol. The maximum atomic E-state index is 9.37. The fourth-order valence-electron chi connectivity index (χ4n) is 4.12. The van der Waals surface area contributed by atoms with Gasteiger partial charge in [0.25, 0.3) is 0 Å². The molecule has 1 atom stereocenters. The van der Waals surface area contributed by atoms with Crippen molar-refractivity contribution in [2.24, 2.45) is 10.9 Å². The van der Waals surface area contributed by atoms with E-state index in [1.165, 1.54) is 22.4 Å². The molecule has 2 nitrogen and oxygen atoms in total. The van der Waals surface area contributed by atoms with Crippen LogP contribution in [0.5, 0.6) is 0 Å². The lowest BCUT2D eigenvalue weighted by molar-refractivity contribution is 0.475. The van der Waals surface area contributed by atoms with Crippen molar-refractivity contribution in [2.75, 3.05) is 0 Å². The summed E-state index contributed by atoms with van der Waals surface area (Å²) in [5.74, 6) is 0.590. The molecule has 0 bridgehead atoms. The van der Waals surface area contributed by atoms with Crippen LogP contribution in [-0.2, 0) is 6.42 Å². The molecule has 2 aromatic carbocycles. The second kappa shape index (κ2) is 6.36. The fraction of sp³-hybridized carbons (Fsp3) is 0.261. The third kappa shape index (κ3) is 2.82. The van der Waals surface area contributed by atoms with Gasteiger partial charge >= 0.3 is 0 Å². The quantitative estimate of drug-likeness (QED) is 0.662. The lowest BCUT2D eigenvalue weighted by atomic mass is 9.81. The van der Waals surface area contributed by atoms with Crippen molar-refractivity contribution in [1.29, 1.82) is 0 Å². The van der Waals surface area contributed by atoms with E-state index in [0.29, 0.717) is 5.92 Å². The van der Waals surface area contributed by atoms with Crippen molar-refractivity contribution in [3.05, 3.63) is 77.1 Å². The van der Waals surface area contributed by atoms with Crippen LogP contribution in [0.25, 0.3) is 11.1 Å². The number of aliphatic hydroxyl groups excluding tert-OH is 1. The van der Waals surface area contributed by atoms with E-state index < -0.39 is 0 Å². The summed E-state index contributed by atoms with van der Waals surface area (Å²) in [6.07, 6.45) is 4.20. The van der Waals surface area contributed by atoms with Gasteiger partial charge in [0.1, 0.15) is 0 Å². The summed E-state index contributed by atoms with van der Waals surface area (Å²) < 4.78 is 0. The zero-order valence-electron chi connectivity index (χ0n) is 14.8. The molecule has 2 aliphatic carbocycles. The zero-order chi connectivity index (χ0) is 17.4. The largest absolute Gasteiger partial charge is 0.515 e. The number of rotatable bonds is 2. The minimum absolute atomic E-state index is 0.590. The first-order chi connectivity index (χ1) is 12.2. The van der Waals surface area contributed by atoms with Crippen LogP contribution in [0.2, 0.25) is 0 Å². The molecule has 0 saturated heterocycles. The third-order valence-corrected chi connectivity index (χ3v) is 5.43. The number of hydrogen-bond donors (Lipinski definition) is 1. The van der Waals surface area contributed by atoms with E-state index in [1.54, 1.807) is 5.57 Å². The van der Waals surface area contributed by atoms with Crippen molar-refractivity contribution < 1.29 is 5.11 Å². The lowest BCUT2D eigenvalue weighted by Gasteiger charge is -2.24. The van der Waals surface area contributed by atoms with Gasteiger partial charge in [-0.3, -0.25) is 4.99 Å². The lowest BCUT2D eigenvalue weighted by Crippen LogP contribution is -2.10. The second-order valence-electron chi connectivity index (χ2n) is 7.13.